The van der Waals surface area contributed by atoms with Crippen molar-refractivity contribution in [2.24, 2.45) is 0 Å². The third kappa shape index (κ3) is 4.54. The van der Waals surface area contributed by atoms with Gasteiger partial charge < -0.3 is 19.2 Å². The lowest BCUT2D eigenvalue weighted by Crippen LogP contribution is -2.23. The van der Waals surface area contributed by atoms with Gasteiger partial charge in [-0.05, 0) is 65.2 Å². The molecule has 0 unspecified atom stereocenters. The molecule has 3 aromatic rings. The summed E-state index contributed by atoms with van der Waals surface area (Å²) in [5, 5.41) is 2.91. The third-order valence-electron chi connectivity index (χ3n) is 4.24. The van der Waals surface area contributed by atoms with Gasteiger partial charge in [-0.15, -0.1) is 0 Å². The molecule has 0 spiro atoms. The second-order valence-corrected chi connectivity index (χ2v) is 7.01. The molecule has 1 amide bonds. The lowest BCUT2D eigenvalue weighted by Gasteiger charge is -2.13. The van der Waals surface area contributed by atoms with Gasteiger partial charge in [-0.3, -0.25) is 9.78 Å². The number of benzene rings is 1. The number of furan rings is 1. The summed E-state index contributed by atoms with van der Waals surface area (Å²) in [5.74, 6) is 2.31. The van der Waals surface area contributed by atoms with Gasteiger partial charge in [0, 0.05) is 18.9 Å². The minimum absolute atomic E-state index is 0.196. The molecular formula is C21H21BrN2O4. The van der Waals surface area contributed by atoms with E-state index in [2.05, 4.69) is 26.2 Å². The lowest BCUT2D eigenvalue weighted by atomic mass is 10.2. The molecule has 6 nitrogen and oxygen atoms in total. The van der Waals surface area contributed by atoms with Crippen molar-refractivity contribution in [3.05, 3.63) is 75.4 Å². The molecule has 2 aromatic heterocycles. The predicted octanol–water partition coefficient (Wildman–Crippen LogP) is 4.57. The SMILES string of the molecule is COc1cc(CNC(=O)c2c(C)oc(C)c2Br)ccc1OCc1ccncc1. The Labute approximate surface area is 172 Å². The first kappa shape index (κ1) is 19.9. The summed E-state index contributed by atoms with van der Waals surface area (Å²) in [6, 6.07) is 9.38. The van der Waals surface area contributed by atoms with Gasteiger partial charge in [0.1, 0.15) is 18.1 Å². The van der Waals surface area contributed by atoms with Crippen LogP contribution in [0.5, 0.6) is 11.5 Å². The van der Waals surface area contributed by atoms with Crippen LogP contribution in [-0.2, 0) is 13.2 Å². The monoisotopic (exact) mass is 444 g/mol. The van der Waals surface area contributed by atoms with Crippen LogP contribution in [0.1, 0.15) is 33.0 Å². The van der Waals surface area contributed by atoms with Crippen LogP contribution in [0.4, 0.5) is 0 Å². The number of methoxy groups -OCH3 is 1. The van der Waals surface area contributed by atoms with E-state index >= 15 is 0 Å². The van der Waals surface area contributed by atoms with E-state index in [-0.39, 0.29) is 5.91 Å². The maximum absolute atomic E-state index is 12.5. The number of carbonyl (C=O) groups excluding carboxylic acids is 1. The summed E-state index contributed by atoms with van der Waals surface area (Å²) < 4.78 is 17.4. The number of pyridine rings is 1. The highest BCUT2D eigenvalue weighted by atomic mass is 79.9. The first-order valence-corrected chi connectivity index (χ1v) is 9.51. The van der Waals surface area contributed by atoms with Gasteiger partial charge in [-0.1, -0.05) is 6.07 Å². The zero-order valence-corrected chi connectivity index (χ0v) is 17.5. The zero-order chi connectivity index (χ0) is 20.1. The molecule has 3 rings (SSSR count). The Hall–Kier alpha value is -2.80. The highest BCUT2D eigenvalue weighted by molar-refractivity contribution is 9.10. The minimum atomic E-state index is -0.196. The molecule has 0 atom stereocenters. The molecule has 1 aromatic carbocycles. The van der Waals surface area contributed by atoms with Gasteiger partial charge in [0.2, 0.25) is 0 Å². The van der Waals surface area contributed by atoms with Crippen LogP contribution in [0, 0.1) is 13.8 Å². The van der Waals surface area contributed by atoms with Gasteiger partial charge in [-0.25, -0.2) is 0 Å². The maximum atomic E-state index is 12.5. The van der Waals surface area contributed by atoms with Crippen LogP contribution >= 0.6 is 15.9 Å². The molecule has 0 aliphatic carbocycles. The normalized spacial score (nSPS) is 10.6. The number of nitrogens with one attached hydrogen (secondary N) is 1. The highest BCUT2D eigenvalue weighted by Crippen LogP contribution is 2.29. The summed E-state index contributed by atoms with van der Waals surface area (Å²) in [5.41, 5.74) is 2.43. The van der Waals surface area contributed by atoms with Crippen molar-refractivity contribution in [2.75, 3.05) is 7.11 Å². The standard InChI is InChI=1S/C21H21BrN2O4/c1-13-19(20(22)14(2)28-13)21(25)24-11-16-4-5-17(18(10-16)26-3)27-12-15-6-8-23-9-7-15/h4-10H,11-12H2,1-3H3,(H,24,25). The molecule has 0 aliphatic rings. The average molecular weight is 445 g/mol. The Kier molecular flexibility index (Phi) is 6.36. The number of carbonyl (C=O) groups is 1. The molecular weight excluding hydrogens is 424 g/mol. The number of aromatic nitrogens is 1. The number of rotatable bonds is 7. The second-order valence-electron chi connectivity index (χ2n) is 6.22. The van der Waals surface area contributed by atoms with E-state index in [0.29, 0.717) is 46.2 Å². The smallest absolute Gasteiger partial charge is 0.256 e. The summed E-state index contributed by atoms with van der Waals surface area (Å²) in [7, 11) is 1.59. The van der Waals surface area contributed by atoms with Gasteiger partial charge >= 0.3 is 0 Å². The Morgan fingerprint density at radius 3 is 2.50 bits per heavy atom. The summed E-state index contributed by atoms with van der Waals surface area (Å²) >= 11 is 3.40. The van der Waals surface area contributed by atoms with Crippen LogP contribution in [0.2, 0.25) is 0 Å². The minimum Gasteiger partial charge on any atom is -0.493 e. The molecule has 1 N–H and O–H groups in total. The molecule has 2 heterocycles. The largest absolute Gasteiger partial charge is 0.493 e. The molecule has 0 bridgehead atoms. The van der Waals surface area contributed by atoms with E-state index in [4.69, 9.17) is 13.9 Å². The van der Waals surface area contributed by atoms with E-state index in [1.165, 1.54) is 0 Å². The maximum Gasteiger partial charge on any atom is 0.256 e. The lowest BCUT2D eigenvalue weighted by molar-refractivity contribution is 0.0948. The molecule has 0 aliphatic heterocycles. The number of hydrogen-bond acceptors (Lipinski definition) is 5. The molecule has 28 heavy (non-hydrogen) atoms. The van der Waals surface area contributed by atoms with Crippen molar-refractivity contribution in [3.63, 3.8) is 0 Å². The van der Waals surface area contributed by atoms with Crippen molar-refractivity contribution in [3.8, 4) is 11.5 Å². The second kappa shape index (κ2) is 8.93. The first-order valence-electron chi connectivity index (χ1n) is 8.72. The summed E-state index contributed by atoms with van der Waals surface area (Å²) in [6.45, 7) is 4.35. The number of amides is 1. The number of halogens is 1. The summed E-state index contributed by atoms with van der Waals surface area (Å²) in [6.07, 6.45) is 3.45. The zero-order valence-electron chi connectivity index (χ0n) is 15.9. The summed E-state index contributed by atoms with van der Waals surface area (Å²) in [4.78, 5) is 16.5. The van der Waals surface area contributed by atoms with Gasteiger partial charge in [-0.2, -0.15) is 0 Å². The van der Waals surface area contributed by atoms with E-state index < -0.39 is 0 Å². The van der Waals surface area contributed by atoms with Crippen molar-refractivity contribution in [1.82, 2.24) is 10.3 Å². The van der Waals surface area contributed by atoms with Crippen LogP contribution in [0.25, 0.3) is 0 Å². The van der Waals surface area contributed by atoms with E-state index in [0.717, 1.165) is 11.1 Å². The fourth-order valence-electron chi connectivity index (χ4n) is 2.77. The van der Waals surface area contributed by atoms with E-state index in [1.807, 2.05) is 37.3 Å². The van der Waals surface area contributed by atoms with Crippen molar-refractivity contribution in [2.45, 2.75) is 27.0 Å². The number of nitrogens with zero attached hydrogens (tertiary/aromatic N) is 1. The fourth-order valence-corrected chi connectivity index (χ4v) is 3.31. The van der Waals surface area contributed by atoms with Crippen molar-refractivity contribution < 1.29 is 18.7 Å². The highest BCUT2D eigenvalue weighted by Gasteiger charge is 2.19. The molecule has 0 saturated carbocycles. The van der Waals surface area contributed by atoms with Gasteiger partial charge in [0.05, 0.1) is 17.1 Å². The number of ether oxygens (including phenoxy) is 2. The number of hydrogen-bond donors (Lipinski definition) is 1. The molecule has 146 valence electrons. The third-order valence-corrected chi connectivity index (χ3v) is 5.19. The van der Waals surface area contributed by atoms with Crippen molar-refractivity contribution in [1.29, 1.82) is 0 Å². The van der Waals surface area contributed by atoms with Gasteiger partial charge in [0.25, 0.3) is 5.91 Å². The molecule has 0 fully saturated rings. The topological polar surface area (TPSA) is 73.6 Å². The number of aryl methyl sites for hydroxylation is 2. The van der Waals surface area contributed by atoms with E-state index in [9.17, 15) is 4.79 Å². The van der Waals surface area contributed by atoms with Gasteiger partial charge in [0.15, 0.2) is 11.5 Å². The Morgan fingerprint density at radius 1 is 1.11 bits per heavy atom. The first-order chi connectivity index (χ1) is 13.5. The quantitative estimate of drug-likeness (QED) is 0.577. The molecule has 0 radical (unpaired) electrons. The van der Waals surface area contributed by atoms with Crippen LogP contribution in [0.15, 0.2) is 51.6 Å². The van der Waals surface area contributed by atoms with E-state index in [1.54, 1.807) is 26.4 Å². The van der Waals surface area contributed by atoms with Crippen LogP contribution in [-0.4, -0.2) is 18.0 Å². The molecule has 7 heteroatoms. The van der Waals surface area contributed by atoms with Crippen LogP contribution in [0.3, 0.4) is 0 Å². The predicted molar refractivity (Wildman–Crippen MR) is 109 cm³/mol. The van der Waals surface area contributed by atoms with Crippen LogP contribution < -0.4 is 14.8 Å². The Balaban J connectivity index is 1.65. The fraction of sp³-hybridized carbons (Fsp3) is 0.238. The Morgan fingerprint density at radius 2 is 1.86 bits per heavy atom. The molecule has 0 saturated heterocycles. The Bertz CT molecular complexity index is 970. The van der Waals surface area contributed by atoms with Crippen molar-refractivity contribution >= 4 is 21.8 Å². The average Bonchev–Trinajstić information content (AvgIpc) is 2.97.